The summed E-state index contributed by atoms with van der Waals surface area (Å²) in [4.78, 5) is 22.8. The topological polar surface area (TPSA) is 102 Å². The molecule has 132 valence electrons. The predicted molar refractivity (Wildman–Crippen MR) is 88.9 cm³/mol. The van der Waals surface area contributed by atoms with Gasteiger partial charge in [-0.1, -0.05) is 19.3 Å². The van der Waals surface area contributed by atoms with Crippen molar-refractivity contribution >= 4 is 27.6 Å². The van der Waals surface area contributed by atoms with Crippen LogP contribution in [0.15, 0.2) is 29.2 Å². The summed E-state index contributed by atoms with van der Waals surface area (Å²) in [6, 6.07) is 5.83. The van der Waals surface area contributed by atoms with Crippen LogP contribution in [0, 0.1) is 0 Å². The van der Waals surface area contributed by atoms with Crippen molar-refractivity contribution in [3.05, 3.63) is 24.3 Å². The number of carbonyl (C=O) groups is 2. The lowest BCUT2D eigenvalue weighted by Gasteiger charge is -2.22. The number of rotatable bonds is 6. The van der Waals surface area contributed by atoms with Crippen molar-refractivity contribution in [2.24, 2.45) is 0 Å². The van der Waals surface area contributed by atoms with Gasteiger partial charge in [-0.3, -0.25) is 9.59 Å². The fraction of sp³-hybridized carbons (Fsp3) is 0.500. The average molecular weight is 354 g/mol. The molecule has 1 amide bonds. The molecule has 2 rings (SSSR count). The molecule has 8 heteroatoms. The van der Waals surface area contributed by atoms with Crippen molar-refractivity contribution in [2.75, 3.05) is 12.4 Å². The highest BCUT2D eigenvalue weighted by atomic mass is 32.2. The summed E-state index contributed by atoms with van der Waals surface area (Å²) in [5.41, 5.74) is 0.417. The lowest BCUT2D eigenvalue weighted by Crippen LogP contribution is -2.36. The molecule has 0 unspecified atom stereocenters. The van der Waals surface area contributed by atoms with Crippen LogP contribution in [0.4, 0.5) is 5.69 Å². The van der Waals surface area contributed by atoms with E-state index in [4.69, 9.17) is 0 Å². The Hall–Kier alpha value is -1.93. The van der Waals surface area contributed by atoms with E-state index >= 15 is 0 Å². The number of amides is 1. The molecule has 1 fully saturated rings. The minimum absolute atomic E-state index is 0.0109. The Kier molecular flexibility index (Phi) is 6.33. The van der Waals surface area contributed by atoms with Crippen LogP contribution in [0.2, 0.25) is 0 Å². The van der Waals surface area contributed by atoms with E-state index in [0.717, 1.165) is 32.1 Å². The number of esters is 1. The number of ether oxygens (including phenoxy) is 1. The third kappa shape index (κ3) is 5.31. The largest absolute Gasteiger partial charge is 0.469 e. The van der Waals surface area contributed by atoms with Gasteiger partial charge in [-0.15, -0.1) is 0 Å². The van der Waals surface area contributed by atoms with Gasteiger partial charge in [-0.25, -0.2) is 13.1 Å². The van der Waals surface area contributed by atoms with Gasteiger partial charge in [-0.2, -0.15) is 0 Å². The Morgan fingerprint density at radius 1 is 1.12 bits per heavy atom. The second kappa shape index (κ2) is 8.25. The zero-order valence-electron chi connectivity index (χ0n) is 13.6. The number of sulfonamides is 1. The normalized spacial score (nSPS) is 15.7. The number of benzene rings is 1. The first-order chi connectivity index (χ1) is 11.4. The first-order valence-electron chi connectivity index (χ1n) is 7.90. The first-order valence-corrected chi connectivity index (χ1v) is 9.38. The lowest BCUT2D eigenvalue weighted by atomic mass is 9.96. The molecule has 2 N–H and O–H groups in total. The highest BCUT2D eigenvalue weighted by Crippen LogP contribution is 2.20. The molecule has 0 aliphatic heterocycles. The first kappa shape index (κ1) is 18.4. The average Bonchev–Trinajstić information content (AvgIpc) is 2.55. The van der Waals surface area contributed by atoms with E-state index < -0.39 is 21.9 Å². The van der Waals surface area contributed by atoms with Crippen LogP contribution < -0.4 is 10.0 Å². The summed E-state index contributed by atoms with van der Waals surface area (Å²) in [5, 5.41) is 2.51. The number of carbonyl (C=O) groups excluding carboxylic acids is 2. The molecule has 1 aliphatic carbocycles. The van der Waals surface area contributed by atoms with Crippen molar-refractivity contribution in [2.45, 2.75) is 49.5 Å². The van der Waals surface area contributed by atoms with Gasteiger partial charge in [0.15, 0.2) is 0 Å². The van der Waals surface area contributed by atoms with E-state index in [0.29, 0.717) is 5.69 Å². The summed E-state index contributed by atoms with van der Waals surface area (Å²) in [6.45, 7) is 0. The van der Waals surface area contributed by atoms with E-state index in [9.17, 15) is 18.0 Å². The van der Waals surface area contributed by atoms with Crippen molar-refractivity contribution < 1.29 is 22.7 Å². The molecule has 0 aromatic heterocycles. The molecule has 0 spiro atoms. The predicted octanol–water partition coefficient (Wildman–Crippen LogP) is 1.80. The third-order valence-corrected chi connectivity index (χ3v) is 5.44. The van der Waals surface area contributed by atoms with Gasteiger partial charge in [0.2, 0.25) is 15.9 Å². The summed E-state index contributed by atoms with van der Waals surface area (Å²) in [7, 11) is -2.36. The van der Waals surface area contributed by atoms with Crippen LogP contribution in [0.1, 0.15) is 38.5 Å². The van der Waals surface area contributed by atoms with Crippen LogP contribution >= 0.6 is 0 Å². The second-order valence-electron chi connectivity index (χ2n) is 5.78. The standard InChI is InChI=1S/C16H22N2O5S/c1-23-16(20)11-15(19)17-12-7-9-14(10-8-12)24(21,22)18-13-5-3-2-4-6-13/h7-10,13,18H,2-6,11H2,1H3,(H,17,19). The number of anilines is 1. The Morgan fingerprint density at radius 2 is 1.75 bits per heavy atom. The quantitative estimate of drug-likeness (QED) is 0.599. The van der Waals surface area contributed by atoms with E-state index in [1.54, 1.807) is 0 Å². The Morgan fingerprint density at radius 3 is 2.33 bits per heavy atom. The zero-order valence-corrected chi connectivity index (χ0v) is 14.4. The van der Waals surface area contributed by atoms with Crippen LogP contribution in [0.25, 0.3) is 0 Å². The van der Waals surface area contributed by atoms with Gasteiger partial charge < -0.3 is 10.1 Å². The highest BCUT2D eigenvalue weighted by Gasteiger charge is 2.21. The highest BCUT2D eigenvalue weighted by molar-refractivity contribution is 7.89. The minimum Gasteiger partial charge on any atom is -0.469 e. The minimum atomic E-state index is -3.56. The summed E-state index contributed by atoms with van der Waals surface area (Å²) in [5.74, 6) is -1.15. The van der Waals surface area contributed by atoms with Crippen molar-refractivity contribution in [3.8, 4) is 0 Å². The molecule has 0 saturated heterocycles. The van der Waals surface area contributed by atoms with Gasteiger partial charge in [0.1, 0.15) is 6.42 Å². The molecular weight excluding hydrogens is 332 g/mol. The molecule has 0 bridgehead atoms. The maximum atomic E-state index is 12.4. The van der Waals surface area contributed by atoms with Crippen LogP contribution in [0.5, 0.6) is 0 Å². The van der Waals surface area contributed by atoms with E-state index in [-0.39, 0.29) is 17.4 Å². The van der Waals surface area contributed by atoms with Crippen molar-refractivity contribution in [3.63, 3.8) is 0 Å². The SMILES string of the molecule is COC(=O)CC(=O)Nc1ccc(S(=O)(=O)NC2CCCCC2)cc1. The van der Waals surface area contributed by atoms with Gasteiger partial charge >= 0.3 is 5.97 Å². The fourth-order valence-electron chi connectivity index (χ4n) is 2.63. The molecule has 1 aliphatic rings. The Bertz CT molecular complexity index is 679. The number of hydrogen-bond acceptors (Lipinski definition) is 5. The van der Waals surface area contributed by atoms with Crippen molar-refractivity contribution in [1.29, 1.82) is 0 Å². The molecule has 1 aromatic rings. The number of methoxy groups -OCH3 is 1. The molecule has 0 radical (unpaired) electrons. The van der Waals surface area contributed by atoms with Gasteiger partial charge in [0, 0.05) is 11.7 Å². The van der Waals surface area contributed by atoms with Crippen LogP contribution in [-0.4, -0.2) is 33.4 Å². The molecule has 1 saturated carbocycles. The summed E-state index contributed by atoms with van der Waals surface area (Å²) >= 11 is 0. The molecule has 0 heterocycles. The summed E-state index contributed by atoms with van der Waals surface area (Å²) < 4.78 is 31.9. The van der Waals surface area contributed by atoms with Crippen molar-refractivity contribution in [1.82, 2.24) is 4.72 Å². The number of nitrogens with one attached hydrogen (secondary N) is 2. The van der Waals surface area contributed by atoms with Gasteiger partial charge in [0.25, 0.3) is 0 Å². The molecule has 0 atom stereocenters. The van der Waals surface area contributed by atoms with E-state index in [1.807, 2.05) is 0 Å². The number of hydrogen-bond donors (Lipinski definition) is 2. The van der Waals surface area contributed by atoms with E-state index in [2.05, 4.69) is 14.8 Å². The maximum absolute atomic E-state index is 12.4. The smallest absolute Gasteiger partial charge is 0.315 e. The summed E-state index contributed by atoms with van der Waals surface area (Å²) in [6.07, 6.45) is 4.57. The Balaban J connectivity index is 1.97. The zero-order chi connectivity index (χ0) is 17.6. The molecular formula is C16H22N2O5S. The van der Waals surface area contributed by atoms with E-state index in [1.165, 1.54) is 31.4 Å². The molecule has 24 heavy (non-hydrogen) atoms. The Labute approximate surface area is 141 Å². The van der Waals surface area contributed by atoms with Gasteiger partial charge in [0.05, 0.1) is 12.0 Å². The molecule has 1 aromatic carbocycles. The second-order valence-corrected chi connectivity index (χ2v) is 7.50. The fourth-order valence-corrected chi connectivity index (χ4v) is 3.94. The lowest BCUT2D eigenvalue weighted by molar-refractivity contribution is -0.142. The maximum Gasteiger partial charge on any atom is 0.315 e. The van der Waals surface area contributed by atoms with Crippen LogP contribution in [0.3, 0.4) is 0 Å². The molecule has 7 nitrogen and oxygen atoms in total. The van der Waals surface area contributed by atoms with Gasteiger partial charge in [-0.05, 0) is 37.1 Å². The monoisotopic (exact) mass is 354 g/mol. The van der Waals surface area contributed by atoms with Crippen LogP contribution in [-0.2, 0) is 24.3 Å². The third-order valence-electron chi connectivity index (χ3n) is 3.91.